The van der Waals surface area contributed by atoms with Gasteiger partial charge in [-0.3, -0.25) is 4.68 Å². The van der Waals surface area contributed by atoms with Gasteiger partial charge in [0, 0.05) is 62.2 Å². The Bertz CT molecular complexity index is 722. The van der Waals surface area contributed by atoms with E-state index in [1.54, 1.807) is 6.33 Å². The van der Waals surface area contributed by atoms with E-state index in [2.05, 4.69) is 25.3 Å². The predicted octanol–water partition coefficient (Wildman–Crippen LogP) is 1.71. The summed E-state index contributed by atoms with van der Waals surface area (Å²) in [4.78, 5) is 11.0. The highest BCUT2D eigenvalue weighted by molar-refractivity contribution is 5.35. The third-order valence-corrected chi connectivity index (χ3v) is 5.27. The van der Waals surface area contributed by atoms with Gasteiger partial charge in [0.15, 0.2) is 0 Å². The molecule has 0 saturated carbocycles. The molecule has 2 aromatic heterocycles. The average Bonchev–Trinajstić information content (AvgIpc) is 2.99. The molecule has 0 amide bonds. The van der Waals surface area contributed by atoms with Crippen molar-refractivity contribution in [1.29, 1.82) is 0 Å². The Morgan fingerprint density at radius 1 is 1.28 bits per heavy atom. The predicted molar refractivity (Wildman–Crippen MR) is 95.5 cm³/mol. The number of nitrogens with one attached hydrogen (secondary N) is 1. The second-order valence-electron chi connectivity index (χ2n) is 7.04. The van der Waals surface area contributed by atoms with Gasteiger partial charge in [0.25, 0.3) is 0 Å². The van der Waals surface area contributed by atoms with Crippen LogP contribution >= 0.6 is 0 Å². The molecule has 25 heavy (non-hydrogen) atoms. The van der Waals surface area contributed by atoms with Crippen LogP contribution in [0.4, 0.5) is 5.82 Å². The van der Waals surface area contributed by atoms with Crippen LogP contribution in [-0.4, -0.2) is 56.9 Å². The first kappa shape index (κ1) is 16.5. The van der Waals surface area contributed by atoms with Crippen LogP contribution in [0.5, 0.6) is 0 Å². The van der Waals surface area contributed by atoms with Crippen molar-refractivity contribution in [1.82, 2.24) is 24.6 Å². The number of piperidine rings is 1. The maximum absolute atomic E-state index is 6.03. The van der Waals surface area contributed by atoms with Crippen LogP contribution in [0, 0.1) is 6.92 Å². The SMILES string of the molecule is Cc1cc(NC2CCN(CC3OCCc4c3cnn4C)CC2)ncn1. The standard InChI is InChI=1S/C18H26N6O/c1-13-9-18(20-12-19-13)22-14-3-6-24(7-4-14)11-17-15-10-21-23(2)16(15)5-8-25-17/h9-10,12,14,17H,3-8,11H2,1-2H3,(H,19,20,22). The molecule has 1 fully saturated rings. The highest BCUT2D eigenvalue weighted by Crippen LogP contribution is 2.28. The Morgan fingerprint density at radius 3 is 2.92 bits per heavy atom. The van der Waals surface area contributed by atoms with Gasteiger partial charge in [-0.1, -0.05) is 0 Å². The molecule has 2 aliphatic rings. The lowest BCUT2D eigenvalue weighted by atomic mass is 10.0. The molecule has 1 saturated heterocycles. The largest absolute Gasteiger partial charge is 0.372 e. The molecule has 4 heterocycles. The summed E-state index contributed by atoms with van der Waals surface area (Å²) in [6.07, 6.45) is 6.97. The Kier molecular flexibility index (Phi) is 4.67. The fourth-order valence-corrected chi connectivity index (χ4v) is 3.83. The molecule has 0 aromatic carbocycles. The van der Waals surface area contributed by atoms with Crippen LogP contribution in [0.3, 0.4) is 0 Å². The average molecular weight is 342 g/mol. The first-order valence-electron chi connectivity index (χ1n) is 9.09. The molecule has 134 valence electrons. The van der Waals surface area contributed by atoms with E-state index in [1.807, 2.05) is 30.9 Å². The number of nitrogens with zero attached hydrogens (tertiary/aromatic N) is 5. The van der Waals surface area contributed by atoms with Gasteiger partial charge in [0.05, 0.1) is 18.9 Å². The summed E-state index contributed by atoms with van der Waals surface area (Å²) in [7, 11) is 2.02. The Hall–Kier alpha value is -1.99. The van der Waals surface area contributed by atoms with Crippen molar-refractivity contribution in [3.63, 3.8) is 0 Å². The number of ether oxygens (including phenoxy) is 1. The van der Waals surface area contributed by atoms with Gasteiger partial charge >= 0.3 is 0 Å². The van der Waals surface area contributed by atoms with E-state index >= 15 is 0 Å². The molecular weight excluding hydrogens is 316 g/mol. The van der Waals surface area contributed by atoms with Gasteiger partial charge in [-0.25, -0.2) is 9.97 Å². The van der Waals surface area contributed by atoms with E-state index in [9.17, 15) is 0 Å². The Balaban J connectivity index is 1.31. The molecule has 0 spiro atoms. The molecule has 7 nitrogen and oxygen atoms in total. The van der Waals surface area contributed by atoms with Crippen LogP contribution in [0.1, 0.15) is 35.9 Å². The van der Waals surface area contributed by atoms with Gasteiger partial charge in [0.1, 0.15) is 12.1 Å². The first-order valence-corrected chi connectivity index (χ1v) is 9.09. The van der Waals surface area contributed by atoms with Crippen molar-refractivity contribution >= 4 is 5.82 Å². The van der Waals surface area contributed by atoms with Gasteiger partial charge < -0.3 is 15.0 Å². The topological polar surface area (TPSA) is 68.1 Å². The van der Waals surface area contributed by atoms with Crippen LogP contribution in [0.15, 0.2) is 18.6 Å². The normalized spacial score (nSPS) is 21.9. The summed E-state index contributed by atoms with van der Waals surface area (Å²) in [6.45, 7) is 5.90. The third-order valence-electron chi connectivity index (χ3n) is 5.27. The van der Waals surface area contributed by atoms with Crippen molar-refractivity contribution in [2.45, 2.75) is 38.3 Å². The quantitative estimate of drug-likeness (QED) is 0.912. The van der Waals surface area contributed by atoms with Crippen LogP contribution in [0.2, 0.25) is 0 Å². The number of aryl methyl sites for hydroxylation is 2. The molecule has 2 aliphatic heterocycles. The molecular formula is C18H26N6O. The minimum absolute atomic E-state index is 0.159. The maximum Gasteiger partial charge on any atom is 0.129 e. The van der Waals surface area contributed by atoms with Crippen LogP contribution < -0.4 is 5.32 Å². The van der Waals surface area contributed by atoms with Gasteiger partial charge in [-0.05, 0) is 19.8 Å². The summed E-state index contributed by atoms with van der Waals surface area (Å²) in [5.41, 5.74) is 3.59. The first-order chi connectivity index (χ1) is 12.2. The van der Waals surface area contributed by atoms with E-state index < -0.39 is 0 Å². The zero-order valence-electron chi connectivity index (χ0n) is 15.0. The Labute approximate surface area is 148 Å². The van der Waals surface area contributed by atoms with Gasteiger partial charge in [-0.2, -0.15) is 5.10 Å². The zero-order chi connectivity index (χ0) is 17.2. The number of likely N-dealkylation sites (tertiary alicyclic amines) is 1. The molecule has 1 unspecified atom stereocenters. The highest BCUT2D eigenvalue weighted by atomic mass is 16.5. The number of aromatic nitrogens is 4. The van der Waals surface area contributed by atoms with E-state index in [0.717, 1.165) is 57.0 Å². The maximum atomic E-state index is 6.03. The smallest absolute Gasteiger partial charge is 0.129 e. The minimum atomic E-state index is 0.159. The molecule has 1 N–H and O–H groups in total. The highest BCUT2D eigenvalue weighted by Gasteiger charge is 2.28. The fourth-order valence-electron chi connectivity index (χ4n) is 3.83. The van der Waals surface area contributed by atoms with Crippen molar-refractivity contribution < 1.29 is 4.74 Å². The van der Waals surface area contributed by atoms with Gasteiger partial charge in [0.2, 0.25) is 0 Å². The molecule has 1 atom stereocenters. The van der Waals surface area contributed by atoms with Crippen molar-refractivity contribution in [3.8, 4) is 0 Å². The Morgan fingerprint density at radius 2 is 2.12 bits per heavy atom. The number of fused-ring (bicyclic) bond motifs is 1. The lowest BCUT2D eigenvalue weighted by Crippen LogP contribution is -2.42. The number of anilines is 1. The second-order valence-corrected chi connectivity index (χ2v) is 7.04. The molecule has 0 bridgehead atoms. The minimum Gasteiger partial charge on any atom is -0.372 e. The van der Waals surface area contributed by atoms with E-state index in [4.69, 9.17) is 4.74 Å². The number of hydrogen-bond donors (Lipinski definition) is 1. The van der Waals surface area contributed by atoms with Crippen molar-refractivity contribution in [3.05, 3.63) is 35.5 Å². The summed E-state index contributed by atoms with van der Waals surface area (Å²) >= 11 is 0. The number of hydrogen-bond acceptors (Lipinski definition) is 6. The van der Waals surface area contributed by atoms with Gasteiger partial charge in [-0.15, -0.1) is 0 Å². The van der Waals surface area contributed by atoms with Crippen molar-refractivity contribution in [2.24, 2.45) is 7.05 Å². The lowest BCUT2D eigenvalue weighted by molar-refractivity contribution is 0.0106. The monoisotopic (exact) mass is 342 g/mol. The summed E-state index contributed by atoms with van der Waals surface area (Å²) in [5.74, 6) is 0.932. The summed E-state index contributed by atoms with van der Waals surface area (Å²) < 4.78 is 8.02. The van der Waals surface area contributed by atoms with E-state index in [-0.39, 0.29) is 6.10 Å². The van der Waals surface area contributed by atoms with E-state index in [1.165, 1.54) is 11.3 Å². The molecule has 0 aliphatic carbocycles. The summed E-state index contributed by atoms with van der Waals surface area (Å²) in [6, 6.07) is 2.48. The lowest BCUT2D eigenvalue weighted by Gasteiger charge is -2.35. The van der Waals surface area contributed by atoms with Crippen molar-refractivity contribution in [2.75, 3.05) is 31.6 Å². The van der Waals surface area contributed by atoms with Crippen LogP contribution in [-0.2, 0) is 18.2 Å². The van der Waals surface area contributed by atoms with E-state index in [0.29, 0.717) is 6.04 Å². The van der Waals surface area contributed by atoms with Crippen LogP contribution in [0.25, 0.3) is 0 Å². The third kappa shape index (κ3) is 3.67. The fraction of sp³-hybridized carbons (Fsp3) is 0.611. The molecule has 4 rings (SSSR count). The molecule has 7 heteroatoms. The molecule has 2 aromatic rings. The zero-order valence-corrected chi connectivity index (χ0v) is 15.0. The second kappa shape index (κ2) is 7.09. The molecule has 0 radical (unpaired) electrons. The summed E-state index contributed by atoms with van der Waals surface area (Å²) in [5, 5.41) is 7.95. The number of rotatable bonds is 4.